The third-order valence-electron chi connectivity index (χ3n) is 4.17. The molecule has 1 amide bonds. The molecule has 0 fully saturated rings. The minimum atomic E-state index is -0.188. The molecule has 3 rings (SSSR count). The first kappa shape index (κ1) is 15.5. The van der Waals surface area contributed by atoms with E-state index in [9.17, 15) is 4.79 Å². The maximum Gasteiger partial charge on any atom is 0.252 e. The molecule has 0 radical (unpaired) electrons. The van der Waals surface area contributed by atoms with Gasteiger partial charge in [-0.05, 0) is 35.6 Å². The summed E-state index contributed by atoms with van der Waals surface area (Å²) in [7, 11) is 0. The van der Waals surface area contributed by atoms with Gasteiger partial charge in [-0.3, -0.25) is 4.79 Å². The van der Waals surface area contributed by atoms with E-state index in [0.29, 0.717) is 18.8 Å². The van der Waals surface area contributed by atoms with Crippen LogP contribution in [0, 0.1) is 0 Å². The van der Waals surface area contributed by atoms with E-state index in [0.717, 1.165) is 24.0 Å². The third kappa shape index (κ3) is 3.51. The van der Waals surface area contributed by atoms with E-state index in [-0.39, 0.29) is 11.9 Å². The van der Waals surface area contributed by atoms with Gasteiger partial charge in [0.1, 0.15) is 0 Å². The van der Waals surface area contributed by atoms with Crippen molar-refractivity contribution in [2.75, 3.05) is 6.61 Å². The third-order valence-corrected chi connectivity index (χ3v) is 4.17. The number of nitrogens with one attached hydrogen (secondary N) is 1. The molecular formula is C20H21NO2. The van der Waals surface area contributed by atoms with E-state index in [1.807, 2.05) is 36.4 Å². The number of benzene rings is 2. The van der Waals surface area contributed by atoms with Crippen molar-refractivity contribution in [3.8, 4) is 0 Å². The van der Waals surface area contributed by atoms with Crippen LogP contribution < -0.4 is 5.32 Å². The number of rotatable bonds is 1. The van der Waals surface area contributed by atoms with Crippen LogP contribution in [0.4, 0.5) is 0 Å². The summed E-state index contributed by atoms with van der Waals surface area (Å²) in [4.78, 5) is 12.7. The average molecular weight is 307 g/mol. The van der Waals surface area contributed by atoms with Gasteiger partial charge in [0.25, 0.3) is 5.91 Å². The lowest BCUT2D eigenvalue weighted by Gasteiger charge is -2.21. The molecular weight excluding hydrogens is 286 g/mol. The summed E-state index contributed by atoms with van der Waals surface area (Å²) in [5.41, 5.74) is 3.92. The predicted molar refractivity (Wildman–Crippen MR) is 91.3 cm³/mol. The summed E-state index contributed by atoms with van der Waals surface area (Å²) >= 11 is 0. The average Bonchev–Trinajstić information content (AvgIpc) is 2.59. The zero-order valence-electron chi connectivity index (χ0n) is 13.1. The first-order valence-electron chi connectivity index (χ1n) is 7.96. The molecule has 0 bridgehead atoms. The second-order valence-corrected chi connectivity index (χ2v) is 5.70. The molecule has 0 aromatic heterocycles. The van der Waals surface area contributed by atoms with Gasteiger partial charge in [-0.2, -0.15) is 0 Å². The minimum Gasteiger partial charge on any atom is -0.377 e. The van der Waals surface area contributed by atoms with Crippen molar-refractivity contribution < 1.29 is 9.53 Å². The Labute approximate surface area is 137 Å². The number of hydrogen-bond acceptors (Lipinski definition) is 2. The maximum atomic E-state index is 12.7. The van der Waals surface area contributed by atoms with Crippen molar-refractivity contribution in [1.29, 1.82) is 0 Å². The van der Waals surface area contributed by atoms with Crippen molar-refractivity contribution >= 4 is 5.91 Å². The first-order valence-corrected chi connectivity index (χ1v) is 7.96. The highest BCUT2D eigenvalue weighted by Gasteiger charge is 2.18. The molecule has 3 heteroatoms. The molecule has 23 heavy (non-hydrogen) atoms. The van der Waals surface area contributed by atoms with Gasteiger partial charge in [0.15, 0.2) is 0 Å². The Kier molecular flexibility index (Phi) is 4.89. The monoisotopic (exact) mass is 307 g/mol. The fraction of sp³-hybridized carbons (Fsp3) is 0.250. The van der Waals surface area contributed by atoms with Crippen LogP contribution in [0.5, 0.6) is 0 Å². The number of hydrogen-bond donors (Lipinski definition) is 1. The van der Waals surface area contributed by atoms with E-state index in [2.05, 4.69) is 24.0 Å². The van der Waals surface area contributed by atoms with Crippen molar-refractivity contribution in [3.05, 3.63) is 83.4 Å². The molecule has 1 aliphatic heterocycles. The second-order valence-electron chi connectivity index (χ2n) is 5.70. The largest absolute Gasteiger partial charge is 0.377 e. The quantitative estimate of drug-likeness (QED) is 0.814. The van der Waals surface area contributed by atoms with Crippen LogP contribution in [0.25, 0.3) is 0 Å². The van der Waals surface area contributed by atoms with Crippen molar-refractivity contribution in [3.63, 3.8) is 0 Å². The highest BCUT2D eigenvalue weighted by molar-refractivity contribution is 5.96. The Morgan fingerprint density at radius 3 is 2.65 bits per heavy atom. The molecule has 1 aliphatic rings. The second kappa shape index (κ2) is 7.25. The van der Waals surface area contributed by atoms with E-state index >= 15 is 0 Å². The van der Waals surface area contributed by atoms with Gasteiger partial charge >= 0.3 is 0 Å². The Balaban J connectivity index is 1.98. The number of carbonyl (C=O) groups excluding carboxylic acids is 1. The van der Waals surface area contributed by atoms with E-state index < -0.39 is 0 Å². The van der Waals surface area contributed by atoms with Gasteiger partial charge in [-0.15, -0.1) is 6.58 Å². The Morgan fingerprint density at radius 2 is 1.83 bits per heavy atom. The highest BCUT2D eigenvalue weighted by atomic mass is 16.5. The van der Waals surface area contributed by atoms with E-state index in [1.54, 1.807) is 6.08 Å². The smallest absolute Gasteiger partial charge is 0.252 e. The van der Waals surface area contributed by atoms with Crippen LogP contribution >= 0.6 is 0 Å². The van der Waals surface area contributed by atoms with Crippen LogP contribution in [-0.2, 0) is 17.8 Å². The Morgan fingerprint density at radius 1 is 1.09 bits per heavy atom. The molecule has 0 saturated carbocycles. The standard InChI is InChI=1S/C20H21NO2/c1-2-19-17-11-5-3-8-15(17)10-7-13-23-14-16-9-4-6-12-18(16)20(22)21-19/h2-6,8-9,11-12,19H,1,7,10,13-14H2,(H,21,22). The van der Waals surface area contributed by atoms with E-state index in [4.69, 9.17) is 4.74 Å². The predicted octanol–water partition coefficient (Wildman–Crippen LogP) is 3.81. The lowest BCUT2D eigenvalue weighted by molar-refractivity contribution is 0.0927. The summed E-state index contributed by atoms with van der Waals surface area (Å²) in [5.74, 6) is -0.0931. The summed E-state index contributed by atoms with van der Waals surface area (Å²) in [6.45, 7) is 5.05. The topological polar surface area (TPSA) is 38.3 Å². The van der Waals surface area contributed by atoms with Crippen molar-refractivity contribution in [2.45, 2.75) is 25.5 Å². The lowest BCUT2D eigenvalue weighted by Crippen LogP contribution is -2.29. The number of carbonyl (C=O) groups is 1. The molecule has 1 N–H and O–H groups in total. The summed E-state index contributed by atoms with van der Waals surface area (Å²) < 4.78 is 5.75. The van der Waals surface area contributed by atoms with Gasteiger partial charge in [-0.25, -0.2) is 0 Å². The van der Waals surface area contributed by atoms with Crippen molar-refractivity contribution in [1.82, 2.24) is 5.32 Å². The van der Waals surface area contributed by atoms with Gasteiger partial charge in [0, 0.05) is 12.2 Å². The zero-order chi connectivity index (χ0) is 16.1. The number of aryl methyl sites for hydroxylation is 1. The summed E-state index contributed by atoms with van der Waals surface area (Å²) in [5, 5.41) is 3.08. The van der Waals surface area contributed by atoms with E-state index in [1.165, 1.54) is 5.56 Å². The van der Waals surface area contributed by atoms with Crippen LogP contribution in [0.1, 0.15) is 39.5 Å². The zero-order valence-corrected chi connectivity index (χ0v) is 13.1. The maximum absolute atomic E-state index is 12.7. The number of amides is 1. The molecule has 118 valence electrons. The molecule has 1 atom stereocenters. The number of fused-ring (bicyclic) bond motifs is 2. The number of ether oxygens (including phenoxy) is 1. The molecule has 0 spiro atoms. The summed E-state index contributed by atoms with van der Waals surface area (Å²) in [6.07, 6.45) is 3.68. The molecule has 3 nitrogen and oxygen atoms in total. The minimum absolute atomic E-state index is 0.0931. The van der Waals surface area contributed by atoms with Gasteiger partial charge in [0.05, 0.1) is 12.6 Å². The van der Waals surface area contributed by atoms with Crippen LogP contribution in [0.15, 0.2) is 61.2 Å². The van der Waals surface area contributed by atoms with Crippen LogP contribution in [0.3, 0.4) is 0 Å². The summed E-state index contributed by atoms with van der Waals surface area (Å²) in [6, 6.07) is 15.6. The fourth-order valence-corrected chi connectivity index (χ4v) is 2.96. The molecule has 2 aromatic carbocycles. The Bertz CT molecular complexity index is 708. The van der Waals surface area contributed by atoms with Gasteiger partial charge < -0.3 is 10.1 Å². The lowest BCUT2D eigenvalue weighted by atomic mass is 9.96. The Hall–Kier alpha value is -2.39. The highest BCUT2D eigenvalue weighted by Crippen LogP contribution is 2.22. The normalized spacial score (nSPS) is 18.6. The van der Waals surface area contributed by atoms with Gasteiger partial charge in [0.2, 0.25) is 0 Å². The molecule has 1 heterocycles. The van der Waals surface area contributed by atoms with Crippen LogP contribution in [-0.4, -0.2) is 12.5 Å². The molecule has 1 unspecified atom stereocenters. The molecule has 0 aliphatic carbocycles. The molecule has 2 aromatic rings. The van der Waals surface area contributed by atoms with Crippen molar-refractivity contribution in [2.24, 2.45) is 0 Å². The molecule has 0 saturated heterocycles. The van der Waals surface area contributed by atoms with Crippen LogP contribution in [0.2, 0.25) is 0 Å². The fourth-order valence-electron chi connectivity index (χ4n) is 2.96. The SMILES string of the molecule is C=CC1NC(=O)c2ccccc2COCCCc2ccccc21. The first-order chi connectivity index (χ1) is 11.3. The van der Waals surface area contributed by atoms with Gasteiger partial charge in [-0.1, -0.05) is 48.5 Å².